The van der Waals surface area contributed by atoms with Crippen molar-refractivity contribution in [3.63, 3.8) is 0 Å². The van der Waals surface area contributed by atoms with Crippen molar-refractivity contribution in [2.24, 2.45) is 0 Å². The average Bonchev–Trinajstić information content (AvgIpc) is 2.34. The van der Waals surface area contributed by atoms with E-state index in [0.29, 0.717) is 0 Å². The molecule has 1 N–H and O–H groups in total. The molecule has 0 saturated heterocycles. The third-order valence-electron chi connectivity index (χ3n) is 3.77. The van der Waals surface area contributed by atoms with Gasteiger partial charge in [0.05, 0.1) is 6.61 Å². The van der Waals surface area contributed by atoms with Crippen molar-refractivity contribution < 1.29 is 9.53 Å². The summed E-state index contributed by atoms with van der Waals surface area (Å²) < 4.78 is 6.03. The highest BCUT2D eigenvalue weighted by Crippen LogP contribution is 2.36. The summed E-state index contributed by atoms with van der Waals surface area (Å²) >= 11 is 0. The van der Waals surface area contributed by atoms with E-state index in [4.69, 9.17) is 4.43 Å². The zero-order valence-corrected chi connectivity index (χ0v) is 14.4. The van der Waals surface area contributed by atoms with E-state index in [-0.39, 0.29) is 11.6 Å². The van der Waals surface area contributed by atoms with Crippen LogP contribution in [0.5, 0.6) is 0 Å². The van der Waals surface area contributed by atoms with Crippen LogP contribution in [0.1, 0.15) is 33.3 Å². The third kappa shape index (κ3) is 5.13. The van der Waals surface area contributed by atoms with Crippen LogP contribution in [-0.4, -0.2) is 25.6 Å². The highest BCUT2D eigenvalue weighted by Gasteiger charge is 2.38. The first kappa shape index (κ1) is 17.0. The first-order chi connectivity index (χ1) is 9.04. The van der Waals surface area contributed by atoms with Gasteiger partial charge in [-0.15, -0.1) is 0 Å². The van der Waals surface area contributed by atoms with Crippen LogP contribution in [0.4, 0.5) is 0 Å². The Morgan fingerprint density at radius 3 is 2.15 bits per heavy atom. The predicted molar refractivity (Wildman–Crippen MR) is 87.1 cm³/mol. The predicted octanol–water partition coefficient (Wildman–Crippen LogP) is 3.81. The smallest absolute Gasteiger partial charge is 0.192 e. The fraction of sp³-hybridized carbons (Fsp3) is 0.529. The Morgan fingerprint density at radius 1 is 1.10 bits per heavy atom. The molecule has 0 heterocycles. The molecule has 0 fully saturated rings. The molecule has 2 nitrogen and oxygen atoms in total. The molecule has 110 valence electrons. The first-order valence-electron chi connectivity index (χ1n) is 6.98. The molecule has 1 aromatic carbocycles. The molecule has 1 rings (SSSR count). The van der Waals surface area contributed by atoms with Crippen molar-refractivity contribution in [3.05, 3.63) is 35.9 Å². The monoisotopic (exact) mass is 290 g/mol. The van der Waals surface area contributed by atoms with Gasteiger partial charge < -0.3 is 9.53 Å². The highest BCUT2D eigenvalue weighted by molar-refractivity contribution is 6.74. The molecule has 0 radical (unpaired) electrons. The lowest BCUT2D eigenvalue weighted by Gasteiger charge is -2.37. The van der Waals surface area contributed by atoms with Crippen molar-refractivity contribution in [2.45, 2.75) is 51.4 Å². The van der Waals surface area contributed by atoms with Gasteiger partial charge >= 0.3 is 0 Å². The van der Waals surface area contributed by atoms with Crippen molar-refractivity contribution in [3.8, 4) is 11.8 Å². The lowest BCUT2D eigenvalue weighted by molar-refractivity contribution is 0.0567. The molecule has 20 heavy (non-hydrogen) atoms. The Balaban J connectivity index is 2.70. The Labute approximate surface area is 124 Å². The van der Waals surface area contributed by atoms with Gasteiger partial charge in [-0.1, -0.05) is 50.8 Å². The van der Waals surface area contributed by atoms with Gasteiger partial charge in [-0.2, -0.15) is 0 Å². The van der Waals surface area contributed by atoms with E-state index in [9.17, 15) is 5.11 Å². The van der Waals surface area contributed by atoms with E-state index < -0.39 is 13.9 Å². The zero-order chi connectivity index (χ0) is 15.4. The maximum atomic E-state index is 10.3. The molecule has 0 aliphatic rings. The highest BCUT2D eigenvalue weighted by atomic mass is 28.4. The number of rotatable bonds is 3. The van der Waals surface area contributed by atoms with Crippen molar-refractivity contribution in [1.82, 2.24) is 0 Å². The van der Waals surface area contributed by atoms with Gasteiger partial charge in [-0.05, 0) is 37.2 Å². The second kappa shape index (κ2) is 6.13. The van der Waals surface area contributed by atoms with E-state index in [1.807, 2.05) is 30.3 Å². The maximum absolute atomic E-state index is 10.3. The summed E-state index contributed by atoms with van der Waals surface area (Å²) in [6.07, 6.45) is 0. The van der Waals surface area contributed by atoms with Crippen LogP contribution in [0.2, 0.25) is 18.1 Å². The summed E-state index contributed by atoms with van der Waals surface area (Å²) in [6.45, 7) is 12.9. The van der Waals surface area contributed by atoms with E-state index in [1.54, 1.807) is 6.92 Å². The quantitative estimate of drug-likeness (QED) is 0.677. The van der Waals surface area contributed by atoms with Gasteiger partial charge in [0.2, 0.25) is 0 Å². The maximum Gasteiger partial charge on any atom is 0.192 e. The number of hydrogen-bond donors (Lipinski definition) is 1. The number of hydrogen-bond acceptors (Lipinski definition) is 2. The second-order valence-corrected chi connectivity index (χ2v) is 11.7. The molecule has 1 atom stereocenters. The molecule has 0 saturated carbocycles. The number of benzene rings is 1. The molecular formula is C17H26O2Si. The molecule has 0 aromatic heterocycles. The largest absolute Gasteiger partial charge is 0.413 e. The lowest BCUT2D eigenvalue weighted by atomic mass is 10.1. The summed E-state index contributed by atoms with van der Waals surface area (Å²) in [5.41, 5.74) is -0.217. The van der Waals surface area contributed by atoms with Crippen LogP contribution >= 0.6 is 0 Å². The molecule has 1 unspecified atom stereocenters. The molecule has 1 aromatic rings. The van der Waals surface area contributed by atoms with Gasteiger partial charge in [0, 0.05) is 5.56 Å². The minimum absolute atomic E-state index is 0.135. The Kier molecular flexibility index (Phi) is 5.20. The SMILES string of the molecule is CC(O)(C#Cc1ccccc1)CO[Si](C)(C)C(C)(C)C. The second-order valence-electron chi connectivity index (χ2n) is 6.94. The normalized spacial score (nSPS) is 15.2. The Bertz CT molecular complexity index is 487. The van der Waals surface area contributed by atoms with Gasteiger partial charge in [0.25, 0.3) is 0 Å². The van der Waals surface area contributed by atoms with Crippen molar-refractivity contribution >= 4 is 8.32 Å². The topological polar surface area (TPSA) is 29.5 Å². The van der Waals surface area contributed by atoms with Crippen LogP contribution < -0.4 is 0 Å². The van der Waals surface area contributed by atoms with E-state index in [1.165, 1.54) is 0 Å². The van der Waals surface area contributed by atoms with E-state index >= 15 is 0 Å². The van der Waals surface area contributed by atoms with Crippen LogP contribution in [0.25, 0.3) is 0 Å². The fourth-order valence-electron chi connectivity index (χ4n) is 1.30. The minimum Gasteiger partial charge on any atom is -0.413 e. The summed E-state index contributed by atoms with van der Waals surface area (Å²) in [5.74, 6) is 5.90. The lowest BCUT2D eigenvalue weighted by Crippen LogP contribution is -2.45. The van der Waals surface area contributed by atoms with E-state index in [2.05, 4.69) is 45.7 Å². The van der Waals surface area contributed by atoms with Gasteiger partial charge in [-0.25, -0.2) is 0 Å². The van der Waals surface area contributed by atoms with Crippen molar-refractivity contribution in [2.75, 3.05) is 6.61 Å². The molecule has 0 spiro atoms. The van der Waals surface area contributed by atoms with Crippen LogP contribution in [0, 0.1) is 11.8 Å². The van der Waals surface area contributed by atoms with E-state index in [0.717, 1.165) is 5.56 Å². The summed E-state index contributed by atoms with van der Waals surface area (Å²) in [7, 11) is -1.85. The number of aliphatic hydroxyl groups is 1. The molecule has 0 aliphatic heterocycles. The standard InChI is InChI=1S/C17H26O2Si/c1-16(2,3)20(5,6)19-14-17(4,18)13-12-15-10-8-7-9-11-15/h7-11,18H,14H2,1-6H3. The molecule has 3 heteroatoms. The molecular weight excluding hydrogens is 264 g/mol. The summed E-state index contributed by atoms with van der Waals surface area (Å²) in [5, 5.41) is 10.5. The Morgan fingerprint density at radius 2 is 1.65 bits per heavy atom. The Hall–Kier alpha value is -1.08. The first-order valence-corrected chi connectivity index (χ1v) is 9.89. The molecule has 0 bridgehead atoms. The van der Waals surface area contributed by atoms with Gasteiger partial charge in [0.15, 0.2) is 8.32 Å². The van der Waals surface area contributed by atoms with Gasteiger partial charge in [-0.3, -0.25) is 0 Å². The fourth-order valence-corrected chi connectivity index (χ4v) is 2.38. The van der Waals surface area contributed by atoms with Crippen LogP contribution in [-0.2, 0) is 4.43 Å². The van der Waals surface area contributed by atoms with Crippen LogP contribution in [0.3, 0.4) is 0 Å². The minimum atomic E-state index is -1.85. The summed E-state index contributed by atoms with van der Waals surface area (Å²) in [4.78, 5) is 0. The molecule has 0 amide bonds. The van der Waals surface area contributed by atoms with Gasteiger partial charge in [0.1, 0.15) is 5.60 Å². The van der Waals surface area contributed by atoms with Crippen LogP contribution in [0.15, 0.2) is 30.3 Å². The summed E-state index contributed by atoms with van der Waals surface area (Å²) in [6, 6.07) is 9.68. The molecule has 0 aliphatic carbocycles. The average molecular weight is 290 g/mol. The van der Waals surface area contributed by atoms with Crippen molar-refractivity contribution in [1.29, 1.82) is 0 Å². The zero-order valence-electron chi connectivity index (χ0n) is 13.4. The third-order valence-corrected chi connectivity index (χ3v) is 8.25.